The van der Waals surface area contributed by atoms with Gasteiger partial charge in [-0.25, -0.2) is 0 Å². The zero-order valence-electron chi connectivity index (χ0n) is 5.97. The van der Waals surface area contributed by atoms with Crippen LogP contribution in [-0.4, -0.2) is 20.4 Å². The maximum atomic E-state index is 5.30. The molecule has 0 heterocycles. The largest absolute Gasteiger partial charge is 0.331 e. The van der Waals surface area contributed by atoms with Gasteiger partial charge in [0.2, 0.25) is 0 Å². The van der Waals surface area contributed by atoms with Crippen LogP contribution in [0.15, 0.2) is 0 Å². The minimum Gasteiger partial charge on any atom is -0.331 e. The van der Waals surface area contributed by atoms with E-state index in [0.717, 1.165) is 38.6 Å². The first-order valence-electron chi connectivity index (χ1n) is 3.63. The summed E-state index contributed by atoms with van der Waals surface area (Å²) < 4.78 is 0. The van der Waals surface area contributed by atoms with Crippen LogP contribution >= 0.6 is 0 Å². The summed E-state index contributed by atoms with van der Waals surface area (Å²) in [4.78, 5) is 0. The summed E-state index contributed by atoms with van der Waals surface area (Å²) in [7, 11) is 2.26. The molecule has 0 atom stereocenters. The highest BCUT2D eigenvalue weighted by Crippen LogP contribution is 1.92. The monoisotopic (exact) mass is 127 g/mol. The molecule has 0 spiro atoms. The molecule has 0 aliphatic carbocycles. The molecule has 0 unspecified atom stereocenters. The molecule has 2 nitrogen and oxygen atoms in total. The van der Waals surface area contributed by atoms with Gasteiger partial charge in [0.15, 0.2) is 0 Å². The average molecular weight is 127 g/mol. The SMILES string of the molecule is NCCC[B]CCCN. The molecule has 0 bridgehead atoms. The highest BCUT2D eigenvalue weighted by molar-refractivity contribution is 6.35. The van der Waals surface area contributed by atoms with E-state index in [9.17, 15) is 0 Å². The molecule has 0 aliphatic rings. The van der Waals surface area contributed by atoms with Gasteiger partial charge in [-0.2, -0.15) is 0 Å². The van der Waals surface area contributed by atoms with Crippen molar-refractivity contribution in [2.24, 2.45) is 11.5 Å². The van der Waals surface area contributed by atoms with Crippen LogP contribution in [0.2, 0.25) is 12.6 Å². The van der Waals surface area contributed by atoms with Crippen molar-refractivity contribution in [3.8, 4) is 0 Å². The van der Waals surface area contributed by atoms with Gasteiger partial charge in [0, 0.05) is 0 Å². The van der Waals surface area contributed by atoms with E-state index in [0.29, 0.717) is 0 Å². The van der Waals surface area contributed by atoms with Crippen molar-refractivity contribution in [1.82, 2.24) is 0 Å². The molecule has 1 radical (unpaired) electrons. The second-order valence-corrected chi connectivity index (χ2v) is 2.15. The normalized spacial score (nSPS) is 9.56. The minimum atomic E-state index is 0.805. The molecule has 3 heteroatoms. The van der Waals surface area contributed by atoms with Gasteiger partial charge in [-0.3, -0.25) is 0 Å². The Morgan fingerprint density at radius 1 is 0.889 bits per heavy atom. The van der Waals surface area contributed by atoms with E-state index < -0.39 is 0 Å². The van der Waals surface area contributed by atoms with Crippen LogP contribution in [0, 0.1) is 0 Å². The number of hydrogen-bond donors (Lipinski definition) is 2. The highest BCUT2D eigenvalue weighted by atomic mass is 14.5. The summed E-state index contributed by atoms with van der Waals surface area (Å²) in [5, 5.41) is 0. The van der Waals surface area contributed by atoms with Gasteiger partial charge in [-0.05, 0) is 25.9 Å². The van der Waals surface area contributed by atoms with E-state index >= 15 is 0 Å². The predicted octanol–water partition coefficient (Wildman–Crippen LogP) is 0.225. The number of nitrogens with two attached hydrogens (primary N) is 2. The summed E-state index contributed by atoms with van der Waals surface area (Å²) in [6, 6.07) is 0. The molecule has 9 heavy (non-hydrogen) atoms. The molecule has 0 saturated carbocycles. The molecule has 0 fully saturated rings. The van der Waals surface area contributed by atoms with Crippen molar-refractivity contribution >= 4 is 7.28 Å². The molecule has 0 aromatic heterocycles. The third kappa shape index (κ3) is 7.98. The van der Waals surface area contributed by atoms with Gasteiger partial charge in [-0.15, -0.1) is 0 Å². The van der Waals surface area contributed by atoms with Crippen LogP contribution in [0.1, 0.15) is 12.8 Å². The maximum Gasteiger partial charge on any atom is 0.109 e. The lowest BCUT2D eigenvalue weighted by Gasteiger charge is -1.94. The van der Waals surface area contributed by atoms with Crippen LogP contribution in [0.4, 0.5) is 0 Å². The van der Waals surface area contributed by atoms with Gasteiger partial charge in [-0.1, -0.05) is 12.6 Å². The zero-order valence-corrected chi connectivity index (χ0v) is 5.97. The van der Waals surface area contributed by atoms with Gasteiger partial charge >= 0.3 is 0 Å². The Morgan fingerprint density at radius 3 is 1.67 bits per heavy atom. The fourth-order valence-electron chi connectivity index (χ4n) is 0.669. The molecular formula is C6H16BN2. The molecule has 0 aromatic rings. The third-order valence-electron chi connectivity index (χ3n) is 1.22. The summed E-state index contributed by atoms with van der Waals surface area (Å²) in [5.74, 6) is 0. The average Bonchev–Trinajstić information content (AvgIpc) is 1.89. The number of rotatable bonds is 6. The van der Waals surface area contributed by atoms with Gasteiger partial charge in [0.1, 0.15) is 7.28 Å². The topological polar surface area (TPSA) is 52.0 Å². The molecule has 0 saturated heterocycles. The van der Waals surface area contributed by atoms with E-state index in [4.69, 9.17) is 11.5 Å². The quantitative estimate of drug-likeness (QED) is 0.396. The molecule has 0 amide bonds. The van der Waals surface area contributed by atoms with Crippen LogP contribution in [0.5, 0.6) is 0 Å². The Hall–Kier alpha value is -0.0151. The molecule has 0 aliphatic heterocycles. The zero-order chi connectivity index (χ0) is 6.95. The summed E-state index contributed by atoms with van der Waals surface area (Å²) in [6.45, 7) is 1.61. The van der Waals surface area contributed by atoms with Crippen molar-refractivity contribution in [3.63, 3.8) is 0 Å². The molecule has 4 N–H and O–H groups in total. The Bertz CT molecular complexity index is 44.3. The van der Waals surface area contributed by atoms with Gasteiger partial charge < -0.3 is 11.5 Å². The highest BCUT2D eigenvalue weighted by Gasteiger charge is 1.88. The van der Waals surface area contributed by atoms with Gasteiger partial charge in [0.05, 0.1) is 0 Å². The lowest BCUT2D eigenvalue weighted by molar-refractivity contribution is 0.895. The van der Waals surface area contributed by atoms with Crippen LogP contribution in [0.25, 0.3) is 0 Å². The summed E-state index contributed by atoms with van der Waals surface area (Å²) in [5.41, 5.74) is 10.6. The van der Waals surface area contributed by atoms with Crippen LogP contribution in [-0.2, 0) is 0 Å². The van der Waals surface area contributed by atoms with Crippen LogP contribution in [0.3, 0.4) is 0 Å². The molecule has 53 valence electrons. The molecule has 0 rings (SSSR count). The van der Waals surface area contributed by atoms with Crippen molar-refractivity contribution < 1.29 is 0 Å². The summed E-state index contributed by atoms with van der Waals surface area (Å²) >= 11 is 0. The predicted molar refractivity (Wildman–Crippen MR) is 42.7 cm³/mol. The van der Waals surface area contributed by atoms with Crippen LogP contribution < -0.4 is 11.5 Å². The first kappa shape index (κ1) is 8.98. The minimum absolute atomic E-state index is 0.805. The van der Waals surface area contributed by atoms with Crippen molar-refractivity contribution in [2.45, 2.75) is 25.5 Å². The second kappa shape index (κ2) is 7.98. The van der Waals surface area contributed by atoms with E-state index in [1.54, 1.807) is 0 Å². The molecular weight excluding hydrogens is 111 g/mol. The van der Waals surface area contributed by atoms with E-state index in [1.807, 2.05) is 0 Å². The molecule has 0 aromatic carbocycles. The Labute approximate surface area is 58.2 Å². The summed E-state index contributed by atoms with van der Waals surface area (Å²) in [6.07, 6.45) is 4.53. The van der Waals surface area contributed by atoms with E-state index in [-0.39, 0.29) is 0 Å². The fourth-order valence-corrected chi connectivity index (χ4v) is 0.669. The van der Waals surface area contributed by atoms with E-state index in [2.05, 4.69) is 7.28 Å². The lowest BCUT2D eigenvalue weighted by Crippen LogP contribution is -2.03. The number of hydrogen-bond acceptors (Lipinski definition) is 2. The lowest BCUT2D eigenvalue weighted by atomic mass is 9.69. The Balaban J connectivity index is 2.60. The van der Waals surface area contributed by atoms with Crippen molar-refractivity contribution in [2.75, 3.05) is 13.1 Å². The maximum absolute atomic E-state index is 5.30. The van der Waals surface area contributed by atoms with Crippen molar-refractivity contribution in [3.05, 3.63) is 0 Å². The van der Waals surface area contributed by atoms with E-state index in [1.165, 1.54) is 0 Å². The first-order chi connectivity index (χ1) is 4.41. The third-order valence-corrected chi connectivity index (χ3v) is 1.22. The Morgan fingerprint density at radius 2 is 1.33 bits per heavy atom. The second-order valence-electron chi connectivity index (χ2n) is 2.15. The first-order valence-corrected chi connectivity index (χ1v) is 3.63. The van der Waals surface area contributed by atoms with Crippen molar-refractivity contribution in [1.29, 1.82) is 0 Å². The fraction of sp³-hybridized carbons (Fsp3) is 1.00. The smallest absolute Gasteiger partial charge is 0.109 e. The van der Waals surface area contributed by atoms with Gasteiger partial charge in [0.25, 0.3) is 0 Å². The standard InChI is InChI=1S/C6H16BN2/c8-5-1-3-7-4-2-6-9/h1-6,8-9H2. The Kier molecular flexibility index (Phi) is 7.97.